The number of hydrazine groups is 1. The van der Waals surface area contributed by atoms with Gasteiger partial charge in [0.1, 0.15) is 0 Å². The topological polar surface area (TPSA) is 55.9 Å². The maximum atomic E-state index is 6.36. The molecule has 3 N–H and O–H groups in total. The lowest BCUT2D eigenvalue weighted by Crippen LogP contribution is -2.37. The van der Waals surface area contributed by atoms with E-state index in [1.54, 1.807) is 0 Å². The zero-order valence-electron chi connectivity index (χ0n) is 13.8. The number of nitrogens with one attached hydrogen (secondary N) is 1. The van der Waals surface area contributed by atoms with Crippen LogP contribution < -0.4 is 11.3 Å². The highest BCUT2D eigenvalue weighted by atomic mass is 35.5. The van der Waals surface area contributed by atoms with Crippen molar-refractivity contribution in [2.75, 3.05) is 0 Å². The molecule has 0 spiro atoms. The predicted octanol–water partition coefficient (Wildman–Crippen LogP) is 3.99. The van der Waals surface area contributed by atoms with Crippen LogP contribution in [0.5, 0.6) is 0 Å². The van der Waals surface area contributed by atoms with E-state index >= 15 is 0 Å². The summed E-state index contributed by atoms with van der Waals surface area (Å²) in [5.74, 6) is 5.71. The van der Waals surface area contributed by atoms with E-state index in [9.17, 15) is 0 Å². The van der Waals surface area contributed by atoms with Crippen LogP contribution in [0.15, 0.2) is 0 Å². The van der Waals surface area contributed by atoms with E-state index < -0.39 is 0 Å². The van der Waals surface area contributed by atoms with Gasteiger partial charge in [-0.1, -0.05) is 57.0 Å². The van der Waals surface area contributed by atoms with Gasteiger partial charge in [0.15, 0.2) is 0 Å². The predicted molar refractivity (Wildman–Crippen MR) is 90.5 cm³/mol. The maximum absolute atomic E-state index is 6.36. The van der Waals surface area contributed by atoms with Crippen molar-refractivity contribution in [3.8, 4) is 0 Å². The van der Waals surface area contributed by atoms with Gasteiger partial charge in [-0.25, -0.2) is 0 Å². The van der Waals surface area contributed by atoms with Crippen molar-refractivity contribution < 1.29 is 0 Å². The number of nitrogens with zero attached hydrogens (tertiary/aromatic N) is 2. The monoisotopic (exact) mass is 314 g/mol. The summed E-state index contributed by atoms with van der Waals surface area (Å²) in [5.41, 5.74) is 4.95. The summed E-state index contributed by atoms with van der Waals surface area (Å²) in [6, 6.07) is 0.273. The van der Waals surface area contributed by atoms with Crippen molar-refractivity contribution >= 4 is 11.6 Å². The van der Waals surface area contributed by atoms with Crippen LogP contribution in [0.3, 0.4) is 0 Å². The molecule has 21 heavy (non-hydrogen) atoms. The minimum Gasteiger partial charge on any atom is -0.271 e. The first kappa shape index (κ1) is 18.5. The van der Waals surface area contributed by atoms with Crippen LogP contribution >= 0.6 is 11.6 Å². The molecule has 0 aliphatic carbocycles. The highest BCUT2D eigenvalue weighted by Crippen LogP contribution is 2.22. The lowest BCUT2D eigenvalue weighted by Gasteiger charge is -2.16. The van der Waals surface area contributed by atoms with Crippen molar-refractivity contribution in [2.24, 2.45) is 5.84 Å². The summed E-state index contributed by atoms with van der Waals surface area (Å²) in [6.07, 6.45) is 9.77. The molecule has 0 radical (unpaired) electrons. The Morgan fingerprint density at radius 2 is 1.86 bits per heavy atom. The van der Waals surface area contributed by atoms with E-state index in [-0.39, 0.29) is 6.04 Å². The molecule has 1 aromatic rings. The molecule has 0 aliphatic rings. The number of halogens is 1. The van der Waals surface area contributed by atoms with Crippen LogP contribution in [0.25, 0.3) is 0 Å². The summed E-state index contributed by atoms with van der Waals surface area (Å²) < 4.78 is 1.99. The van der Waals surface area contributed by atoms with Crippen molar-refractivity contribution in [3.63, 3.8) is 0 Å². The highest BCUT2D eigenvalue weighted by Gasteiger charge is 2.17. The molecule has 5 heteroatoms. The first-order valence-electron chi connectivity index (χ1n) is 8.31. The molecule has 122 valence electrons. The molecule has 0 saturated carbocycles. The van der Waals surface area contributed by atoms with Crippen LogP contribution in [0.1, 0.15) is 70.2 Å². The third-order valence-corrected chi connectivity index (χ3v) is 4.53. The van der Waals surface area contributed by atoms with Crippen molar-refractivity contribution in [1.82, 2.24) is 15.2 Å². The first-order valence-corrected chi connectivity index (χ1v) is 8.69. The van der Waals surface area contributed by atoms with Crippen molar-refractivity contribution in [2.45, 2.75) is 84.7 Å². The Kier molecular flexibility index (Phi) is 8.97. The summed E-state index contributed by atoms with van der Waals surface area (Å²) in [6.45, 7) is 7.13. The van der Waals surface area contributed by atoms with E-state index in [2.05, 4.69) is 24.4 Å². The number of rotatable bonds is 11. The lowest BCUT2D eigenvalue weighted by atomic mass is 10.0. The summed E-state index contributed by atoms with van der Waals surface area (Å²) in [5, 5.41) is 5.25. The van der Waals surface area contributed by atoms with Gasteiger partial charge in [0, 0.05) is 19.0 Å². The van der Waals surface area contributed by atoms with Crippen LogP contribution in [0, 0.1) is 6.92 Å². The zero-order chi connectivity index (χ0) is 15.7. The van der Waals surface area contributed by atoms with E-state index in [1.807, 2.05) is 11.6 Å². The molecule has 4 nitrogen and oxygen atoms in total. The molecule has 1 heterocycles. The minimum absolute atomic E-state index is 0.273. The second-order valence-corrected chi connectivity index (χ2v) is 6.16. The smallest absolute Gasteiger partial charge is 0.0847 e. The molecule has 0 bridgehead atoms. The normalized spacial score (nSPS) is 12.8. The van der Waals surface area contributed by atoms with Crippen molar-refractivity contribution in [1.29, 1.82) is 0 Å². The molecule has 0 aliphatic heterocycles. The molecule has 1 aromatic heterocycles. The maximum Gasteiger partial charge on any atom is 0.0847 e. The summed E-state index contributed by atoms with van der Waals surface area (Å²) >= 11 is 6.36. The van der Waals surface area contributed by atoms with E-state index in [4.69, 9.17) is 17.4 Å². The number of aromatic nitrogens is 2. The van der Waals surface area contributed by atoms with Gasteiger partial charge in [0.05, 0.1) is 16.4 Å². The molecule has 1 atom stereocenters. The second kappa shape index (κ2) is 10.2. The third kappa shape index (κ3) is 5.97. The molecule has 0 aromatic carbocycles. The number of hydrogen-bond acceptors (Lipinski definition) is 3. The molecule has 0 saturated heterocycles. The largest absolute Gasteiger partial charge is 0.271 e. The summed E-state index contributed by atoms with van der Waals surface area (Å²) in [4.78, 5) is 0. The molecular weight excluding hydrogens is 284 g/mol. The van der Waals surface area contributed by atoms with Crippen LogP contribution in [-0.4, -0.2) is 15.8 Å². The Bertz CT molecular complexity index is 403. The number of unbranched alkanes of at least 4 members (excludes halogenated alkanes) is 5. The van der Waals surface area contributed by atoms with Gasteiger partial charge in [-0.05, 0) is 20.3 Å². The fourth-order valence-corrected chi connectivity index (χ4v) is 2.93. The van der Waals surface area contributed by atoms with Gasteiger partial charge in [-0.15, -0.1) is 0 Å². The second-order valence-electron chi connectivity index (χ2n) is 5.79. The Balaban J connectivity index is 2.43. The number of hydrogen-bond donors (Lipinski definition) is 2. The molecule has 0 fully saturated rings. The SMILES string of the molecule is CCCCCCCCC(Cc1c(Cl)c(C)nn1CC)NN. The first-order chi connectivity index (χ1) is 10.1. The van der Waals surface area contributed by atoms with Crippen molar-refractivity contribution in [3.05, 3.63) is 16.4 Å². The van der Waals surface area contributed by atoms with E-state index in [1.165, 1.54) is 38.5 Å². The number of nitrogens with two attached hydrogens (primary N) is 1. The fraction of sp³-hybridized carbons (Fsp3) is 0.812. The van der Waals surface area contributed by atoms with Crippen LogP contribution in [-0.2, 0) is 13.0 Å². The quantitative estimate of drug-likeness (QED) is 0.369. The Labute approximate surface area is 134 Å². The Hall–Kier alpha value is -0.580. The molecule has 0 amide bonds. The standard InChI is InChI=1S/C16H31ClN4/c1-4-6-7-8-9-10-11-14(19-18)12-15-16(17)13(3)20-21(15)5-2/h14,19H,4-12,18H2,1-3H3. The van der Waals surface area contributed by atoms with E-state index in [0.717, 1.165) is 35.8 Å². The average Bonchev–Trinajstić information content (AvgIpc) is 2.76. The molecular formula is C16H31ClN4. The van der Waals surface area contributed by atoms with Crippen LogP contribution in [0.4, 0.5) is 0 Å². The van der Waals surface area contributed by atoms with Gasteiger partial charge in [-0.3, -0.25) is 16.0 Å². The minimum atomic E-state index is 0.273. The van der Waals surface area contributed by atoms with Gasteiger partial charge >= 0.3 is 0 Å². The molecule has 1 rings (SSSR count). The van der Waals surface area contributed by atoms with Gasteiger partial charge in [0.2, 0.25) is 0 Å². The van der Waals surface area contributed by atoms with Gasteiger partial charge < -0.3 is 0 Å². The zero-order valence-corrected chi connectivity index (χ0v) is 14.5. The Morgan fingerprint density at radius 1 is 1.19 bits per heavy atom. The van der Waals surface area contributed by atoms with Gasteiger partial charge in [-0.2, -0.15) is 5.10 Å². The third-order valence-electron chi connectivity index (χ3n) is 4.03. The highest BCUT2D eigenvalue weighted by molar-refractivity contribution is 6.31. The van der Waals surface area contributed by atoms with Gasteiger partial charge in [0.25, 0.3) is 0 Å². The van der Waals surface area contributed by atoms with E-state index in [0.29, 0.717) is 0 Å². The fourth-order valence-electron chi connectivity index (χ4n) is 2.71. The summed E-state index contributed by atoms with van der Waals surface area (Å²) in [7, 11) is 0. The van der Waals surface area contributed by atoms with Crippen LogP contribution in [0.2, 0.25) is 5.02 Å². The average molecular weight is 315 g/mol. The number of aryl methyl sites for hydroxylation is 2. The lowest BCUT2D eigenvalue weighted by molar-refractivity contribution is 0.446. The Morgan fingerprint density at radius 3 is 2.48 bits per heavy atom. The molecule has 1 unspecified atom stereocenters.